The molecule has 0 fully saturated rings. The van der Waals surface area contributed by atoms with E-state index >= 15 is 0 Å². The highest BCUT2D eigenvalue weighted by Gasteiger charge is 2.17. The van der Waals surface area contributed by atoms with Gasteiger partial charge in [0.2, 0.25) is 0 Å². The Kier molecular flexibility index (Phi) is 7.19. The van der Waals surface area contributed by atoms with Crippen LogP contribution in [-0.2, 0) is 13.0 Å². The van der Waals surface area contributed by atoms with Crippen LogP contribution in [0.3, 0.4) is 0 Å². The van der Waals surface area contributed by atoms with Crippen LogP contribution >= 0.6 is 58.2 Å². The van der Waals surface area contributed by atoms with Gasteiger partial charge in [0.1, 0.15) is 0 Å². The molecule has 2 aromatic carbocycles. The Bertz CT molecular complexity index is 827. The summed E-state index contributed by atoms with van der Waals surface area (Å²) in [6.07, 6.45) is 7.46. The van der Waals surface area contributed by atoms with E-state index in [4.69, 9.17) is 46.4 Å². The first-order valence-corrected chi connectivity index (χ1v) is 10.4. The van der Waals surface area contributed by atoms with E-state index in [0.717, 1.165) is 29.3 Å². The number of halogens is 4. The number of nitrogens with zero attached hydrogens (tertiary/aromatic N) is 2. The van der Waals surface area contributed by atoms with Crippen molar-refractivity contribution in [1.29, 1.82) is 0 Å². The third-order valence-electron chi connectivity index (χ3n) is 3.89. The Balaban J connectivity index is 1.76. The van der Waals surface area contributed by atoms with E-state index in [2.05, 4.69) is 21.7 Å². The van der Waals surface area contributed by atoms with Crippen molar-refractivity contribution >= 4 is 58.2 Å². The topological polar surface area (TPSA) is 17.8 Å². The van der Waals surface area contributed by atoms with Crippen molar-refractivity contribution in [3.05, 3.63) is 80.8 Å². The molecule has 1 atom stereocenters. The van der Waals surface area contributed by atoms with Gasteiger partial charge < -0.3 is 4.57 Å². The summed E-state index contributed by atoms with van der Waals surface area (Å²) in [5.74, 6) is 0. The van der Waals surface area contributed by atoms with Gasteiger partial charge in [-0.15, -0.1) is 11.8 Å². The number of hydrogen-bond acceptors (Lipinski definition) is 2. The zero-order chi connectivity index (χ0) is 18.5. The molecule has 26 heavy (non-hydrogen) atoms. The lowest BCUT2D eigenvalue weighted by molar-refractivity contribution is 0.624. The standard InChI is InChI=1S/C19H16Cl4N2S/c20-14-4-1-13(2-5-14)3-6-16(11-25-8-7-24-12-25)26-19-17(22)9-15(21)10-18(19)23/h1-2,4-5,7-10,12,16H,3,6,11H2. The predicted molar refractivity (Wildman–Crippen MR) is 113 cm³/mol. The average Bonchev–Trinajstić information content (AvgIpc) is 3.10. The molecule has 0 N–H and O–H groups in total. The van der Waals surface area contributed by atoms with Crippen molar-refractivity contribution in [2.24, 2.45) is 0 Å². The quantitative estimate of drug-likeness (QED) is 0.355. The lowest BCUT2D eigenvalue weighted by Crippen LogP contribution is -2.13. The van der Waals surface area contributed by atoms with Crippen LogP contribution in [0.4, 0.5) is 0 Å². The van der Waals surface area contributed by atoms with Crippen LogP contribution in [0.15, 0.2) is 60.0 Å². The SMILES string of the molecule is Clc1ccc(CCC(Cn2ccnc2)Sc2c(Cl)cc(Cl)cc2Cl)cc1. The van der Waals surface area contributed by atoms with E-state index < -0.39 is 0 Å². The summed E-state index contributed by atoms with van der Waals surface area (Å²) in [6.45, 7) is 0.813. The maximum atomic E-state index is 6.37. The number of imidazole rings is 1. The highest BCUT2D eigenvalue weighted by Crippen LogP contribution is 2.40. The molecule has 0 bridgehead atoms. The summed E-state index contributed by atoms with van der Waals surface area (Å²) in [7, 11) is 0. The minimum absolute atomic E-state index is 0.274. The fourth-order valence-corrected chi connectivity index (χ4v) is 4.97. The van der Waals surface area contributed by atoms with Gasteiger partial charge in [-0.3, -0.25) is 0 Å². The summed E-state index contributed by atoms with van der Waals surface area (Å²) in [5, 5.41) is 2.72. The molecule has 0 aliphatic carbocycles. The van der Waals surface area contributed by atoms with Crippen molar-refractivity contribution < 1.29 is 0 Å². The second-order valence-electron chi connectivity index (χ2n) is 5.86. The second kappa shape index (κ2) is 9.38. The first-order valence-electron chi connectivity index (χ1n) is 8.02. The smallest absolute Gasteiger partial charge is 0.0946 e. The summed E-state index contributed by atoms with van der Waals surface area (Å²) in [6, 6.07) is 11.4. The van der Waals surface area contributed by atoms with Gasteiger partial charge in [-0.1, -0.05) is 58.5 Å². The highest BCUT2D eigenvalue weighted by molar-refractivity contribution is 8.00. The molecule has 0 aliphatic heterocycles. The van der Waals surface area contributed by atoms with Gasteiger partial charge in [0.25, 0.3) is 0 Å². The number of rotatable bonds is 7. The van der Waals surface area contributed by atoms with Crippen LogP contribution in [-0.4, -0.2) is 14.8 Å². The largest absolute Gasteiger partial charge is 0.336 e. The van der Waals surface area contributed by atoms with Crippen LogP contribution in [0.25, 0.3) is 0 Å². The zero-order valence-corrected chi connectivity index (χ0v) is 17.5. The monoisotopic (exact) mass is 444 g/mol. The van der Waals surface area contributed by atoms with E-state index in [1.54, 1.807) is 30.1 Å². The van der Waals surface area contributed by atoms with E-state index in [0.29, 0.717) is 15.1 Å². The van der Waals surface area contributed by atoms with Crippen LogP contribution in [0.5, 0.6) is 0 Å². The zero-order valence-electron chi connectivity index (χ0n) is 13.7. The molecule has 1 aromatic heterocycles. The van der Waals surface area contributed by atoms with Gasteiger partial charge in [-0.2, -0.15) is 0 Å². The van der Waals surface area contributed by atoms with Crippen LogP contribution in [0.2, 0.25) is 20.1 Å². The number of hydrogen-bond donors (Lipinski definition) is 0. The maximum absolute atomic E-state index is 6.37. The van der Waals surface area contributed by atoms with Crippen molar-refractivity contribution in [2.45, 2.75) is 29.5 Å². The van der Waals surface area contributed by atoms with E-state index in [9.17, 15) is 0 Å². The van der Waals surface area contributed by atoms with Crippen LogP contribution in [0.1, 0.15) is 12.0 Å². The summed E-state index contributed by atoms with van der Waals surface area (Å²) < 4.78 is 2.07. The Labute approximate surface area is 177 Å². The molecule has 136 valence electrons. The van der Waals surface area contributed by atoms with E-state index in [1.807, 2.05) is 24.7 Å². The number of aryl methyl sites for hydroxylation is 1. The molecule has 0 amide bonds. The molecule has 0 aliphatic rings. The van der Waals surface area contributed by atoms with Crippen molar-refractivity contribution in [2.75, 3.05) is 0 Å². The molecule has 0 radical (unpaired) electrons. The van der Waals surface area contributed by atoms with Crippen molar-refractivity contribution in [1.82, 2.24) is 9.55 Å². The minimum Gasteiger partial charge on any atom is -0.336 e. The molecule has 1 unspecified atom stereocenters. The number of aromatic nitrogens is 2. The fraction of sp³-hybridized carbons (Fsp3) is 0.211. The lowest BCUT2D eigenvalue weighted by atomic mass is 10.1. The van der Waals surface area contributed by atoms with E-state index in [1.165, 1.54) is 5.56 Å². The van der Waals surface area contributed by atoms with Gasteiger partial charge in [0, 0.05) is 39.1 Å². The van der Waals surface area contributed by atoms with Crippen LogP contribution < -0.4 is 0 Å². The Morgan fingerprint density at radius 1 is 0.962 bits per heavy atom. The van der Waals surface area contributed by atoms with Crippen molar-refractivity contribution in [3.8, 4) is 0 Å². The molecule has 2 nitrogen and oxygen atoms in total. The molecule has 3 aromatic rings. The average molecular weight is 446 g/mol. The second-order valence-corrected chi connectivity index (χ2v) is 8.86. The van der Waals surface area contributed by atoms with Crippen molar-refractivity contribution in [3.63, 3.8) is 0 Å². The van der Waals surface area contributed by atoms with E-state index in [-0.39, 0.29) is 5.25 Å². The fourth-order valence-electron chi connectivity index (χ4n) is 2.60. The van der Waals surface area contributed by atoms with Gasteiger partial charge in [-0.05, 0) is 42.7 Å². The third kappa shape index (κ3) is 5.58. The Morgan fingerprint density at radius 3 is 2.27 bits per heavy atom. The van der Waals surface area contributed by atoms with Gasteiger partial charge in [0.15, 0.2) is 0 Å². The normalized spacial score (nSPS) is 12.3. The van der Waals surface area contributed by atoms with Crippen LogP contribution in [0, 0.1) is 0 Å². The summed E-state index contributed by atoms with van der Waals surface area (Å²) in [4.78, 5) is 4.99. The Morgan fingerprint density at radius 2 is 1.65 bits per heavy atom. The summed E-state index contributed by atoms with van der Waals surface area (Å²) >= 11 is 26.4. The molecule has 7 heteroatoms. The maximum Gasteiger partial charge on any atom is 0.0946 e. The number of thioether (sulfide) groups is 1. The first-order chi connectivity index (χ1) is 12.5. The van der Waals surface area contributed by atoms with Gasteiger partial charge >= 0.3 is 0 Å². The molecule has 3 rings (SSSR count). The molecule has 0 spiro atoms. The third-order valence-corrected chi connectivity index (χ3v) is 6.57. The molecular formula is C19H16Cl4N2S. The lowest BCUT2D eigenvalue weighted by Gasteiger charge is -2.19. The molecule has 0 saturated heterocycles. The molecule has 1 heterocycles. The summed E-state index contributed by atoms with van der Waals surface area (Å²) in [5.41, 5.74) is 1.25. The molecule has 0 saturated carbocycles. The van der Waals surface area contributed by atoms with Gasteiger partial charge in [-0.25, -0.2) is 4.98 Å². The number of benzene rings is 2. The predicted octanol–water partition coefficient (Wildman–Crippen LogP) is 7.29. The molecular weight excluding hydrogens is 430 g/mol. The minimum atomic E-state index is 0.274. The van der Waals surface area contributed by atoms with Gasteiger partial charge in [0.05, 0.1) is 16.4 Å². The highest BCUT2D eigenvalue weighted by atomic mass is 35.5. The first kappa shape index (κ1) is 19.9. The Hall–Kier alpha value is -0.840.